The SMILES string of the molecule is Oc1cc(C(F)(F)F)ccc1-c1nnc(NC2CCCOC2)n2cccc12. The minimum atomic E-state index is -4.53. The van der Waals surface area contributed by atoms with E-state index in [0.29, 0.717) is 29.8 Å². The van der Waals surface area contributed by atoms with Crippen LogP contribution in [0.25, 0.3) is 16.8 Å². The Morgan fingerprint density at radius 1 is 1.22 bits per heavy atom. The molecule has 0 bridgehead atoms. The molecule has 3 heterocycles. The lowest BCUT2D eigenvalue weighted by Gasteiger charge is -2.23. The number of anilines is 1. The summed E-state index contributed by atoms with van der Waals surface area (Å²) >= 11 is 0. The maximum atomic E-state index is 12.8. The number of ether oxygens (including phenoxy) is 1. The number of aromatic hydroxyl groups is 1. The molecule has 9 heteroatoms. The van der Waals surface area contributed by atoms with E-state index in [-0.39, 0.29) is 11.6 Å². The molecule has 4 rings (SSSR count). The van der Waals surface area contributed by atoms with Crippen molar-refractivity contribution in [3.8, 4) is 17.0 Å². The van der Waals surface area contributed by atoms with Gasteiger partial charge in [-0.05, 0) is 43.2 Å². The summed E-state index contributed by atoms with van der Waals surface area (Å²) in [4.78, 5) is 0. The summed E-state index contributed by atoms with van der Waals surface area (Å²) in [6, 6.07) is 6.49. The second kappa shape index (κ2) is 6.73. The summed E-state index contributed by atoms with van der Waals surface area (Å²) in [5, 5.41) is 21.7. The maximum absolute atomic E-state index is 12.8. The van der Waals surface area contributed by atoms with Crippen LogP contribution >= 0.6 is 0 Å². The number of alkyl halides is 3. The summed E-state index contributed by atoms with van der Waals surface area (Å²) < 4.78 is 45.7. The Balaban J connectivity index is 1.71. The van der Waals surface area contributed by atoms with Crippen LogP contribution in [-0.4, -0.2) is 39.0 Å². The van der Waals surface area contributed by atoms with Crippen molar-refractivity contribution in [1.82, 2.24) is 14.6 Å². The molecule has 0 spiro atoms. The number of fused-ring (bicyclic) bond motifs is 1. The van der Waals surface area contributed by atoms with E-state index >= 15 is 0 Å². The molecule has 0 amide bonds. The zero-order valence-electron chi connectivity index (χ0n) is 14.2. The first-order chi connectivity index (χ1) is 12.9. The lowest BCUT2D eigenvalue weighted by molar-refractivity contribution is -0.137. The number of hydrogen-bond acceptors (Lipinski definition) is 5. The van der Waals surface area contributed by atoms with Crippen LogP contribution in [0.1, 0.15) is 18.4 Å². The van der Waals surface area contributed by atoms with E-state index < -0.39 is 17.5 Å². The predicted octanol–water partition coefficient (Wildman–Crippen LogP) is 3.71. The third-order valence-electron chi connectivity index (χ3n) is 4.54. The van der Waals surface area contributed by atoms with Gasteiger partial charge in [0.15, 0.2) is 0 Å². The number of nitrogens with zero attached hydrogens (tertiary/aromatic N) is 3. The minimum Gasteiger partial charge on any atom is -0.507 e. The number of halogens is 3. The van der Waals surface area contributed by atoms with Crippen molar-refractivity contribution in [3.05, 3.63) is 42.1 Å². The molecule has 1 aliphatic heterocycles. The van der Waals surface area contributed by atoms with Crippen molar-refractivity contribution in [2.75, 3.05) is 18.5 Å². The fourth-order valence-corrected chi connectivity index (χ4v) is 3.19. The Bertz CT molecular complexity index is 965. The van der Waals surface area contributed by atoms with Crippen molar-refractivity contribution >= 4 is 11.5 Å². The average molecular weight is 378 g/mol. The van der Waals surface area contributed by atoms with Gasteiger partial charge in [-0.15, -0.1) is 10.2 Å². The minimum absolute atomic E-state index is 0.115. The monoisotopic (exact) mass is 378 g/mol. The predicted molar refractivity (Wildman–Crippen MR) is 92.6 cm³/mol. The Morgan fingerprint density at radius 2 is 2.07 bits per heavy atom. The van der Waals surface area contributed by atoms with E-state index in [1.54, 1.807) is 22.7 Å². The van der Waals surface area contributed by atoms with Crippen molar-refractivity contribution in [2.45, 2.75) is 25.1 Å². The van der Waals surface area contributed by atoms with Gasteiger partial charge in [0.2, 0.25) is 5.95 Å². The topological polar surface area (TPSA) is 71.7 Å². The molecule has 1 saturated heterocycles. The first kappa shape index (κ1) is 17.6. The molecule has 6 nitrogen and oxygen atoms in total. The van der Waals surface area contributed by atoms with Gasteiger partial charge in [-0.25, -0.2) is 0 Å². The first-order valence-corrected chi connectivity index (χ1v) is 8.52. The number of benzene rings is 1. The zero-order valence-corrected chi connectivity index (χ0v) is 14.2. The highest BCUT2D eigenvalue weighted by molar-refractivity contribution is 5.81. The Morgan fingerprint density at radius 3 is 2.78 bits per heavy atom. The Kier molecular flexibility index (Phi) is 4.39. The van der Waals surface area contributed by atoms with Crippen LogP contribution in [0.15, 0.2) is 36.5 Å². The fourth-order valence-electron chi connectivity index (χ4n) is 3.19. The molecule has 1 atom stereocenters. The van der Waals surface area contributed by atoms with E-state index in [1.165, 1.54) is 6.07 Å². The van der Waals surface area contributed by atoms with Crippen LogP contribution in [-0.2, 0) is 10.9 Å². The average Bonchev–Trinajstić information content (AvgIpc) is 3.13. The zero-order chi connectivity index (χ0) is 19.0. The van der Waals surface area contributed by atoms with Gasteiger partial charge < -0.3 is 15.2 Å². The second-order valence-electron chi connectivity index (χ2n) is 6.42. The van der Waals surface area contributed by atoms with Gasteiger partial charge in [0.25, 0.3) is 0 Å². The van der Waals surface area contributed by atoms with E-state index in [1.807, 2.05) is 0 Å². The highest BCUT2D eigenvalue weighted by Crippen LogP contribution is 2.37. The third kappa shape index (κ3) is 3.42. The molecule has 3 aromatic rings. The molecule has 0 radical (unpaired) electrons. The van der Waals surface area contributed by atoms with Crippen molar-refractivity contribution in [3.63, 3.8) is 0 Å². The van der Waals surface area contributed by atoms with E-state index in [4.69, 9.17) is 4.74 Å². The molecule has 2 aromatic heterocycles. The first-order valence-electron chi connectivity index (χ1n) is 8.52. The highest BCUT2D eigenvalue weighted by Gasteiger charge is 2.31. The van der Waals surface area contributed by atoms with E-state index in [2.05, 4.69) is 15.5 Å². The lowest BCUT2D eigenvalue weighted by Crippen LogP contribution is -2.31. The van der Waals surface area contributed by atoms with Gasteiger partial charge in [-0.3, -0.25) is 4.40 Å². The van der Waals surface area contributed by atoms with E-state index in [0.717, 1.165) is 25.5 Å². The van der Waals surface area contributed by atoms with Crippen LogP contribution < -0.4 is 5.32 Å². The normalized spacial score (nSPS) is 18.0. The maximum Gasteiger partial charge on any atom is 0.416 e. The molecule has 2 N–H and O–H groups in total. The summed E-state index contributed by atoms with van der Waals surface area (Å²) in [5.74, 6) is 0.0178. The number of rotatable bonds is 3. The van der Waals surface area contributed by atoms with Crippen molar-refractivity contribution < 1.29 is 23.0 Å². The summed E-state index contributed by atoms with van der Waals surface area (Å²) in [5.41, 5.74) is 0.196. The molecule has 1 aliphatic rings. The van der Waals surface area contributed by atoms with Crippen LogP contribution in [0.2, 0.25) is 0 Å². The van der Waals surface area contributed by atoms with Crippen LogP contribution in [0.4, 0.5) is 19.1 Å². The molecule has 1 aromatic carbocycles. The number of phenols is 1. The number of aromatic nitrogens is 3. The van der Waals surface area contributed by atoms with Crippen LogP contribution in [0.5, 0.6) is 5.75 Å². The largest absolute Gasteiger partial charge is 0.507 e. The van der Waals surface area contributed by atoms with Crippen molar-refractivity contribution in [1.29, 1.82) is 0 Å². The molecule has 1 unspecified atom stereocenters. The van der Waals surface area contributed by atoms with Crippen LogP contribution in [0, 0.1) is 0 Å². The Hall–Kier alpha value is -2.81. The molecule has 142 valence electrons. The fraction of sp³-hybridized carbons (Fsp3) is 0.333. The van der Waals surface area contributed by atoms with Crippen molar-refractivity contribution in [2.24, 2.45) is 0 Å². The van der Waals surface area contributed by atoms with E-state index in [9.17, 15) is 18.3 Å². The van der Waals surface area contributed by atoms with Gasteiger partial charge in [-0.1, -0.05) is 0 Å². The molecule has 0 saturated carbocycles. The van der Waals surface area contributed by atoms with Gasteiger partial charge in [-0.2, -0.15) is 13.2 Å². The molecule has 27 heavy (non-hydrogen) atoms. The molecular formula is C18H17F3N4O2. The quantitative estimate of drug-likeness (QED) is 0.727. The third-order valence-corrected chi connectivity index (χ3v) is 4.54. The van der Waals surface area contributed by atoms with Gasteiger partial charge in [0, 0.05) is 18.4 Å². The molecular weight excluding hydrogens is 361 g/mol. The number of nitrogens with one attached hydrogen (secondary N) is 1. The second-order valence-corrected chi connectivity index (χ2v) is 6.42. The summed E-state index contributed by atoms with van der Waals surface area (Å²) in [6.45, 7) is 1.32. The summed E-state index contributed by atoms with van der Waals surface area (Å²) in [7, 11) is 0. The smallest absolute Gasteiger partial charge is 0.416 e. The number of phenolic OH excluding ortho intramolecular Hbond substituents is 1. The van der Waals surface area contributed by atoms with Gasteiger partial charge in [0.05, 0.1) is 23.7 Å². The Labute approximate surface area is 152 Å². The highest BCUT2D eigenvalue weighted by atomic mass is 19.4. The lowest BCUT2D eigenvalue weighted by atomic mass is 10.1. The van der Waals surface area contributed by atoms with Gasteiger partial charge in [0.1, 0.15) is 11.4 Å². The van der Waals surface area contributed by atoms with Gasteiger partial charge >= 0.3 is 6.18 Å². The standard InChI is InChI=1S/C18H17F3N4O2/c19-18(20,21)11-5-6-13(15(26)9-11)16-14-4-1-7-25(14)17(24-23-16)22-12-3-2-8-27-10-12/h1,4-7,9,12,26H,2-3,8,10H2,(H,22,24). The van der Waals surface area contributed by atoms with Crippen LogP contribution in [0.3, 0.4) is 0 Å². The molecule has 1 fully saturated rings. The molecule has 0 aliphatic carbocycles. The summed E-state index contributed by atoms with van der Waals surface area (Å²) in [6.07, 6.45) is -0.841. The number of hydrogen-bond donors (Lipinski definition) is 2.